The highest BCUT2D eigenvalue weighted by Gasteiger charge is 2.20. The van der Waals surface area contributed by atoms with Gasteiger partial charge in [0.15, 0.2) is 0 Å². The quantitative estimate of drug-likeness (QED) is 0.124. The second kappa shape index (κ2) is 23.1. The van der Waals surface area contributed by atoms with Crippen LogP contribution in [0.15, 0.2) is 12.4 Å². The molecular weight excluding hydrogens is 400 g/mol. The van der Waals surface area contributed by atoms with Crippen molar-refractivity contribution in [3.05, 3.63) is 12.4 Å². The number of hydrogen-bond donors (Lipinski definition) is 0. The van der Waals surface area contributed by atoms with Crippen molar-refractivity contribution in [1.29, 1.82) is 0 Å². The van der Waals surface area contributed by atoms with Crippen molar-refractivity contribution >= 4 is 0 Å². The highest BCUT2D eigenvalue weighted by Crippen LogP contribution is 2.19. The number of unbranched alkanes of at least 4 members (excludes halogenated alkanes) is 21. The molecule has 0 aliphatic carbocycles. The Labute approximate surface area is 210 Å². The van der Waals surface area contributed by atoms with E-state index in [2.05, 4.69) is 43.0 Å². The lowest BCUT2D eigenvalue weighted by atomic mass is 10.0. The van der Waals surface area contributed by atoms with Crippen molar-refractivity contribution in [2.45, 2.75) is 175 Å². The Morgan fingerprint density at radius 3 is 0.909 bits per heavy atom. The molecule has 0 fully saturated rings. The van der Waals surface area contributed by atoms with Crippen LogP contribution in [0.4, 0.5) is 0 Å². The smallest absolute Gasteiger partial charge is 0.0977 e. The first-order valence-electron chi connectivity index (χ1n) is 15.5. The van der Waals surface area contributed by atoms with Crippen LogP contribution < -0.4 is 0 Å². The van der Waals surface area contributed by atoms with Gasteiger partial charge in [-0.15, -0.1) is 0 Å². The molecule has 196 valence electrons. The lowest BCUT2D eigenvalue weighted by Crippen LogP contribution is -2.36. The topological polar surface area (TPSA) is 6.48 Å². The van der Waals surface area contributed by atoms with Gasteiger partial charge in [0.1, 0.15) is 0 Å². The molecule has 0 spiro atoms. The minimum Gasteiger partial charge on any atom is -0.356 e. The molecule has 1 aliphatic rings. The van der Waals surface area contributed by atoms with Gasteiger partial charge in [0.2, 0.25) is 0 Å². The highest BCUT2D eigenvalue weighted by molar-refractivity contribution is 4.95. The van der Waals surface area contributed by atoms with Crippen LogP contribution in [-0.4, -0.2) is 29.1 Å². The zero-order valence-corrected chi connectivity index (χ0v) is 23.3. The number of nitrogens with zero attached hydrogens (tertiary/aromatic N) is 2. The van der Waals surface area contributed by atoms with E-state index in [0.717, 1.165) is 0 Å². The van der Waals surface area contributed by atoms with Gasteiger partial charge in [0.05, 0.1) is 6.17 Å². The van der Waals surface area contributed by atoms with Crippen LogP contribution in [0.3, 0.4) is 0 Å². The van der Waals surface area contributed by atoms with Gasteiger partial charge in [-0.25, -0.2) is 0 Å². The van der Waals surface area contributed by atoms with E-state index in [-0.39, 0.29) is 0 Å². The molecule has 2 nitrogen and oxygen atoms in total. The summed E-state index contributed by atoms with van der Waals surface area (Å²) in [5, 5.41) is 0. The Morgan fingerprint density at radius 1 is 0.394 bits per heavy atom. The maximum absolute atomic E-state index is 2.56. The molecule has 0 saturated carbocycles. The molecule has 0 amide bonds. The molecule has 1 heterocycles. The van der Waals surface area contributed by atoms with Crippen molar-refractivity contribution in [1.82, 2.24) is 9.80 Å². The summed E-state index contributed by atoms with van der Waals surface area (Å²) in [4.78, 5) is 5.13. The molecule has 0 radical (unpaired) electrons. The standard InChI is InChI=1S/C31H62N2/c1-4-6-8-10-12-14-16-17-18-20-22-24-26-28-33-30-29-32(31(33)3)27-25-23-21-19-15-13-11-9-7-5-2/h29-31H,4-28H2,1-3H3. The first-order valence-corrected chi connectivity index (χ1v) is 15.5. The lowest BCUT2D eigenvalue weighted by Gasteiger charge is -2.30. The molecule has 1 unspecified atom stereocenters. The van der Waals surface area contributed by atoms with Crippen molar-refractivity contribution < 1.29 is 0 Å². The molecule has 1 rings (SSSR count). The van der Waals surface area contributed by atoms with Gasteiger partial charge in [-0.2, -0.15) is 0 Å². The summed E-state index contributed by atoms with van der Waals surface area (Å²) in [6.45, 7) is 9.47. The van der Waals surface area contributed by atoms with Crippen LogP contribution in [-0.2, 0) is 0 Å². The summed E-state index contributed by atoms with van der Waals surface area (Å²) in [6, 6.07) is 0. The van der Waals surface area contributed by atoms with Gasteiger partial charge in [0, 0.05) is 25.5 Å². The van der Waals surface area contributed by atoms with Crippen LogP contribution >= 0.6 is 0 Å². The molecule has 0 bridgehead atoms. The first kappa shape index (κ1) is 30.4. The lowest BCUT2D eigenvalue weighted by molar-refractivity contribution is 0.165. The Morgan fingerprint density at radius 2 is 0.636 bits per heavy atom. The average molecular weight is 463 g/mol. The van der Waals surface area contributed by atoms with Crippen molar-refractivity contribution in [2.24, 2.45) is 0 Å². The molecule has 33 heavy (non-hydrogen) atoms. The van der Waals surface area contributed by atoms with Crippen molar-refractivity contribution in [3.63, 3.8) is 0 Å². The summed E-state index contributed by atoms with van der Waals surface area (Å²) >= 11 is 0. The van der Waals surface area contributed by atoms with E-state index in [1.54, 1.807) is 0 Å². The fourth-order valence-electron chi connectivity index (χ4n) is 5.23. The van der Waals surface area contributed by atoms with Crippen LogP contribution in [0.1, 0.15) is 168 Å². The maximum Gasteiger partial charge on any atom is 0.0977 e. The third-order valence-electron chi connectivity index (χ3n) is 7.70. The monoisotopic (exact) mass is 462 g/mol. The second-order valence-corrected chi connectivity index (χ2v) is 10.8. The zero-order chi connectivity index (χ0) is 23.8. The summed E-state index contributed by atoms with van der Waals surface area (Å²) in [5.41, 5.74) is 0. The molecule has 0 aromatic heterocycles. The van der Waals surface area contributed by atoms with Gasteiger partial charge >= 0.3 is 0 Å². The molecule has 0 N–H and O–H groups in total. The minimum atomic E-state index is 0.570. The summed E-state index contributed by atoms with van der Waals surface area (Å²) in [6.07, 6.45) is 38.2. The van der Waals surface area contributed by atoms with E-state index in [0.29, 0.717) is 6.17 Å². The predicted molar refractivity (Wildman–Crippen MR) is 150 cm³/mol. The Hall–Kier alpha value is -0.660. The van der Waals surface area contributed by atoms with Crippen LogP contribution in [0.25, 0.3) is 0 Å². The van der Waals surface area contributed by atoms with Gasteiger partial charge in [-0.1, -0.05) is 149 Å². The van der Waals surface area contributed by atoms with Crippen LogP contribution in [0.5, 0.6) is 0 Å². The Kier molecular flexibility index (Phi) is 21.3. The normalized spacial score (nSPS) is 15.8. The maximum atomic E-state index is 2.56. The van der Waals surface area contributed by atoms with E-state index in [1.165, 1.54) is 161 Å². The third-order valence-corrected chi connectivity index (χ3v) is 7.70. The van der Waals surface area contributed by atoms with Gasteiger partial charge in [-0.3, -0.25) is 0 Å². The molecule has 0 aromatic carbocycles. The van der Waals surface area contributed by atoms with E-state index in [4.69, 9.17) is 0 Å². The van der Waals surface area contributed by atoms with E-state index in [9.17, 15) is 0 Å². The summed E-state index contributed by atoms with van der Waals surface area (Å²) < 4.78 is 0. The number of hydrogen-bond acceptors (Lipinski definition) is 2. The van der Waals surface area contributed by atoms with Gasteiger partial charge in [0.25, 0.3) is 0 Å². The van der Waals surface area contributed by atoms with Crippen molar-refractivity contribution in [2.75, 3.05) is 13.1 Å². The van der Waals surface area contributed by atoms with Gasteiger partial charge < -0.3 is 9.80 Å². The average Bonchev–Trinajstić information content (AvgIpc) is 3.17. The molecule has 0 aromatic rings. The van der Waals surface area contributed by atoms with E-state index >= 15 is 0 Å². The van der Waals surface area contributed by atoms with E-state index < -0.39 is 0 Å². The molecule has 1 atom stereocenters. The number of rotatable bonds is 25. The fraction of sp³-hybridized carbons (Fsp3) is 0.935. The highest BCUT2D eigenvalue weighted by atomic mass is 15.4. The third kappa shape index (κ3) is 17.4. The SMILES string of the molecule is CCCCCCCCCCCCCCCN1C=CN(CCCCCCCCCCCC)C1C. The summed E-state index contributed by atoms with van der Waals surface area (Å²) in [5.74, 6) is 0. The molecule has 0 saturated heterocycles. The molecule has 1 aliphatic heterocycles. The largest absolute Gasteiger partial charge is 0.356 e. The molecule has 2 heteroatoms. The van der Waals surface area contributed by atoms with Crippen LogP contribution in [0, 0.1) is 0 Å². The predicted octanol–water partition coefficient (Wildman–Crippen LogP) is 10.4. The Balaban J connectivity index is 1.86. The summed E-state index contributed by atoms with van der Waals surface area (Å²) in [7, 11) is 0. The zero-order valence-electron chi connectivity index (χ0n) is 23.3. The Bertz CT molecular complexity index is 419. The minimum absolute atomic E-state index is 0.570. The van der Waals surface area contributed by atoms with Crippen LogP contribution in [0.2, 0.25) is 0 Å². The molecular formula is C31H62N2. The fourth-order valence-corrected chi connectivity index (χ4v) is 5.23. The van der Waals surface area contributed by atoms with Crippen molar-refractivity contribution in [3.8, 4) is 0 Å². The van der Waals surface area contributed by atoms with E-state index in [1.807, 2.05) is 0 Å². The first-order chi connectivity index (χ1) is 16.3. The second-order valence-electron chi connectivity index (χ2n) is 10.8. The van der Waals surface area contributed by atoms with Gasteiger partial charge in [-0.05, 0) is 19.8 Å².